The maximum absolute atomic E-state index is 12.2. The Morgan fingerprint density at radius 3 is 2.27 bits per heavy atom. The van der Waals surface area contributed by atoms with Gasteiger partial charge in [0.2, 0.25) is 5.91 Å². The molecule has 1 aliphatic carbocycles. The van der Waals surface area contributed by atoms with Crippen molar-refractivity contribution in [2.45, 2.75) is 51.0 Å². The summed E-state index contributed by atoms with van der Waals surface area (Å²) in [4.78, 5) is 14.2. The molecule has 2 N–H and O–H groups in total. The minimum Gasteiger partial charge on any atom is -0.341 e. The normalized spacial score (nSPS) is 29.1. The van der Waals surface area contributed by atoms with Crippen molar-refractivity contribution < 1.29 is 4.79 Å². The van der Waals surface area contributed by atoms with Crippen LogP contribution in [0.1, 0.15) is 44.9 Å². The summed E-state index contributed by atoms with van der Waals surface area (Å²) in [6, 6.07) is 0.222. The Labute approximate surface area is 92.0 Å². The van der Waals surface area contributed by atoms with Crippen LogP contribution in [0.4, 0.5) is 0 Å². The lowest BCUT2D eigenvalue weighted by Crippen LogP contribution is -2.36. The SMILES string of the molecule is NC1CCN(C(=O)C2CCCCCC2)C1. The van der Waals surface area contributed by atoms with Gasteiger partial charge in [-0.3, -0.25) is 4.79 Å². The van der Waals surface area contributed by atoms with Crippen molar-refractivity contribution >= 4 is 5.91 Å². The van der Waals surface area contributed by atoms with E-state index in [1.165, 1.54) is 25.7 Å². The number of nitrogens with zero attached hydrogens (tertiary/aromatic N) is 1. The van der Waals surface area contributed by atoms with Crippen LogP contribution in [0.15, 0.2) is 0 Å². The van der Waals surface area contributed by atoms with E-state index in [1.54, 1.807) is 0 Å². The Kier molecular flexibility index (Phi) is 3.62. The fraction of sp³-hybridized carbons (Fsp3) is 0.917. The number of likely N-dealkylation sites (tertiary alicyclic amines) is 1. The first-order valence-corrected chi connectivity index (χ1v) is 6.32. The van der Waals surface area contributed by atoms with Crippen molar-refractivity contribution in [3.8, 4) is 0 Å². The minimum absolute atomic E-state index is 0.222. The molecular weight excluding hydrogens is 188 g/mol. The fourth-order valence-corrected chi connectivity index (χ4v) is 2.77. The summed E-state index contributed by atoms with van der Waals surface area (Å²) in [6.45, 7) is 1.67. The zero-order chi connectivity index (χ0) is 10.7. The Morgan fingerprint density at radius 2 is 1.73 bits per heavy atom. The summed E-state index contributed by atoms with van der Waals surface area (Å²) in [7, 11) is 0. The standard InChI is InChI=1S/C12H22N2O/c13-11-7-8-14(9-11)12(15)10-5-3-1-2-4-6-10/h10-11H,1-9,13H2. The van der Waals surface area contributed by atoms with Gasteiger partial charge >= 0.3 is 0 Å². The van der Waals surface area contributed by atoms with Gasteiger partial charge in [0.15, 0.2) is 0 Å². The molecule has 0 aromatic carbocycles. The molecule has 1 saturated heterocycles. The molecule has 1 aliphatic heterocycles. The van der Waals surface area contributed by atoms with Crippen molar-refractivity contribution in [2.75, 3.05) is 13.1 Å². The van der Waals surface area contributed by atoms with Crippen LogP contribution in [0, 0.1) is 5.92 Å². The molecule has 2 rings (SSSR count). The monoisotopic (exact) mass is 210 g/mol. The Balaban J connectivity index is 1.88. The van der Waals surface area contributed by atoms with E-state index in [0.29, 0.717) is 11.8 Å². The van der Waals surface area contributed by atoms with Gasteiger partial charge in [-0.2, -0.15) is 0 Å². The van der Waals surface area contributed by atoms with Gasteiger partial charge in [0.05, 0.1) is 0 Å². The molecule has 1 saturated carbocycles. The predicted molar refractivity (Wildman–Crippen MR) is 60.4 cm³/mol. The number of rotatable bonds is 1. The first-order chi connectivity index (χ1) is 7.27. The first-order valence-electron chi connectivity index (χ1n) is 6.32. The van der Waals surface area contributed by atoms with Crippen molar-refractivity contribution in [1.29, 1.82) is 0 Å². The number of carbonyl (C=O) groups is 1. The van der Waals surface area contributed by atoms with E-state index in [9.17, 15) is 4.79 Å². The molecule has 2 fully saturated rings. The van der Waals surface area contributed by atoms with E-state index < -0.39 is 0 Å². The summed E-state index contributed by atoms with van der Waals surface area (Å²) in [5.74, 6) is 0.683. The van der Waals surface area contributed by atoms with Gasteiger partial charge in [-0.25, -0.2) is 0 Å². The minimum atomic E-state index is 0.222. The molecule has 0 bridgehead atoms. The topological polar surface area (TPSA) is 46.3 Å². The van der Waals surface area contributed by atoms with Crippen molar-refractivity contribution in [2.24, 2.45) is 11.7 Å². The number of hydrogen-bond donors (Lipinski definition) is 1. The maximum Gasteiger partial charge on any atom is 0.225 e. The van der Waals surface area contributed by atoms with Crippen LogP contribution in [0.25, 0.3) is 0 Å². The lowest BCUT2D eigenvalue weighted by atomic mass is 9.99. The third-order valence-electron chi connectivity index (χ3n) is 3.74. The number of amides is 1. The fourth-order valence-electron chi connectivity index (χ4n) is 2.77. The average molecular weight is 210 g/mol. The zero-order valence-corrected chi connectivity index (χ0v) is 9.45. The van der Waals surface area contributed by atoms with Crippen molar-refractivity contribution in [1.82, 2.24) is 4.90 Å². The highest BCUT2D eigenvalue weighted by molar-refractivity contribution is 5.79. The predicted octanol–water partition coefficient (Wildman–Crippen LogP) is 1.52. The van der Waals surface area contributed by atoms with Gasteiger partial charge in [0, 0.05) is 25.0 Å². The highest BCUT2D eigenvalue weighted by Crippen LogP contribution is 2.25. The van der Waals surface area contributed by atoms with E-state index in [4.69, 9.17) is 5.73 Å². The van der Waals surface area contributed by atoms with E-state index in [1.807, 2.05) is 4.90 Å². The van der Waals surface area contributed by atoms with Gasteiger partial charge in [0.1, 0.15) is 0 Å². The van der Waals surface area contributed by atoms with Gasteiger partial charge in [-0.1, -0.05) is 25.7 Å². The molecule has 15 heavy (non-hydrogen) atoms. The lowest BCUT2D eigenvalue weighted by Gasteiger charge is -2.22. The van der Waals surface area contributed by atoms with Crippen molar-refractivity contribution in [3.05, 3.63) is 0 Å². The molecule has 3 heteroatoms. The van der Waals surface area contributed by atoms with Crippen LogP contribution < -0.4 is 5.73 Å². The van der Waals surface area contributed by atoms with E-state index in [0.717, 1.165) is 32.4 Å². The molecule has 86 valence electrons. The quantitative estimate of drug-likeness (QED) is 0.667. The van der Waals surface area contributed by atoms with Gasteiger partial charge in [-0.05, 0) is 19.3 Å². The zero-order valence-electron chi connectivity index (χ0n) is 9.45. The molecule has 1 atom stereocenters. The number of nitrogens with two attached hydrogens (primary N) is 1. The molecule has 0 radical (unpaired) electrons. The number of hydrogen-bond acceptors (Lipinski definition) is 2. The Morgan fingerprint density at radius 1 is 1.07 bits per heavy atom. The summed E-state index contributed by atoms with van der Waals surface area (Å²) in [6.07, 6.45) is 8.27. The lowest BCUT2D eigenvalue weighted by molar-refractivity contribution is -0.134. The highest BCUT2D eigenvalue weighted by Gasteiger charge is 2.29. The smallest absolute Gasteiger partial charge is 0.225 e. The maximum atomic E-state index is 12.2. The van der Waals surface area contributed by atoms with Crippen LogP contribution in [-0.2, 0) is 4.79 Å². The molecule has 0 spiro atoms. The molecule has 2 aliphatic rings. The van der Waals surface area contributed by atoms with Crippen LogP contribution in [-0.4, -0.2) is 29.9 Å². The van der Waals surface area contributed by atoms with Gasteiger partial charge < -0.3 is 10.6 Å². The first kappa shape index (κ1) is 10.9. The molecular formula is C12H22N2O. The average Bonchev–Trinajstić information content (AvgIpc) is 2.53. The van der Waals surface area contributed by atoms with E-state index in [2.05, 4.69) is 0 Å². The second-order valence-corrected chi connectivity index (χ2v) is 5.02. The molecule has 0 aromatic rings. The second-order valence-electron chi connectivity index (χ2n) is 5.02. The van der Waals surface area contributed by atoms with Crippen LogP contribution >= 0.6 is 0 Å². The van der Waals surface area contributed by atoms with Gasteiger partial charge in [0.25, 0.3) is 0 Å². The molecule has 1 amide bonds. The third kappa shape index (κ3) is 2.71. The van der Waals surface area contributed by atoms with Crippen LogP contribution in [0.3, 0.4) is 0 Å². The molecule has 0 aromatic heterocycles. The van der Waals surface area contributed by atoms with Crippen LogP contribution in [0.2, 0.25) is 0 Å². The molecule has 1 unspecified atom stereocenters. The van der Waals surface area contributed by atoms with E-state index >= 15 is 0 Å². The number of carbonyl (C=O) groups excluding carboxylic acids is 1. The largest absolute Gasteiger partial charge is 0.341 e. The van der Waals surface area contributed by atoms with Crippen molar-refractivity contribution in [3.63, 3.8) is 0 Å². The Hall–Kier alpha value is -0.570. The summed E-state index contributed by atoms with van der Waals surface area (Å²) >= 11 is 0. The highest BCUT2D eigenvalue weighted by atomic mass is 16.2. The van der Waals surface area contributed by atoms with E-state index in [-0.39, 0.29) is 6.04 Å². The molecule has 1 heterocycles. The Bertz CT molecular complexity index is 222. The van der Waals surface area contributed by atoms with Crippen LogP contribution in [0.5, 0.6) is 0 Å². The summed E-state index contributed by atoms with van der Waals surface area (Å²) < 4.78 is 0. The molecule has 3 nitrogen and oxygen atoms in total. The van der Waals surface area contributed by atoms with Gasteiger partial charge in [-0.15, -0.1) is 0 Å². The summed E-state index contributed by atoms with van der Waals surface area (Å²) in [5.41, 5.74) is 5.83. The summed E-state index contributed by atoms with van der Waals surface area (Å²) in [5, 5.41) is 0. The second kappa shape index (κ2) is 4.97. The third-order valence-corrected chi connectivity index (χ3v) is 3.74.